The summed E-state index contributed by atoms with van der Waals surface area (Å²) in [6.45, 7) is 7.46. The zero-order chi connectivity index (χ0) is 21.0. The minimum Gasteiger partial charge on any atom is -0.488 e. The van der Waals surface area contributed by atoms with E-state index in [0.717, 1.165) is 45.5 Å². The molecule has 0 aliphatic heterocycles. The molecular formula is C23H28BrN3O2. The van der Waals surface area contributed by atoms with Crippen LogP contribution in [0, 0.1) is 12.8 Å². The summed E-state index contributed by atoms with van der Waals surface area (Å²) in [7, 11) is 2.00. The van der Waals surface area contributed by atoms with Gasteiger partial charge in [-0.05, 0) is 38.0 Å². The van der Waals surface area contributed by atoms with E-state index in [0.29, 0.717) is 13.1 Å². The zero-order valence-corrected chi connectivity index (χ0v) is 19.0. The Morgan fingerprint density at radius 2 is 2.00 bits per heavy atom. The molecule has 0 fully saturated rings. The molecule has 0 saturated carbocycles. The lowest BCUT2D eigenvalue weighted by molar-refractivity contribution is -0.119. The summed E-state index contributed by atoms with van der Waals surface area (Å²) < 4.78 is 9.41. The monoisotopic (exact) mass is 457 g/mol. The van der Waals surface area contributed by atoms with Gasteiger partial charge in [0.1, 0.15) is 23.2 Å². The summed E-state index contributed by atoms with van der Waals surface area (Å²) in [5, 5.41) is 0. The van der Waals surface area contributed by atoms with Crippen LogP contribution in [0.25, 0.3) is 11.0 Å². The summed E-state index contributed by atoms with van der Waals surface area (Å²) in [6, 6.07) is 14.1. The number of aryl methyl sites for hydroxylation is 2. The fourth-order valence-corrected chi connectivity index (χ4v) is 4.08. The van der Waals surface area contributed by atoms with Gasteiger partial charge in [-0.1, -0.05) is 53.2 Å². The van der Waals surface area contributed by atoms with Crippen LogP contribution in [0.5, 0.6) is 5.75 Å². The molecule has 2 aromatic carbocycles. The number of aromatic nitrogens is 2. The van der Waals surface area contributed by atoms with Gasteiger partial charge in [-0.15, -0.1) is 0 Å². The molecule has 0 saturated heterocycles. The largest absolute Gasteiger partial charge is 0.488 e. The van der Waals surface area contributed by atoms with Gasteiger partial charge in [-0.2, -0.15) is 0 Å². The van der Waals surface area contributed by atoms with Crippen molar-refractivity contribution in [1.82, 2.24) is 14.5 Å². The van der Waals surface area contributed by atoms with Crippen molar-refractivity contribution in [3.63, 3.8) is 0 Å². The number of carbonyl (C=O) groups excluding carboxylic acids is 1. The molecular weight excluding hydrogens is 430 g/mol. The van der Waals surface area contributed by atoms with Crippen LogP contribution in [-0.4, -0.2) is 33.5 Å². The third kappa shape index (κ3) is 4.99. The lowest BCUT2D eigenvalue weighted by Crippen LogP contribution is -2.35. The maximum absolute atomic E-state index is 11.7. The van der Waals surface area contributed by atoms with Gasteiger partial charge in [0.15, 0.2) is 0 Å². The van der Waals surface area contributed by atoms with Crippen LogP contribution >= 0.6 is 15.9 Å². The van der Waals surface area contributed by atoms with E-state index in [2.05, 4.69) is 39.3 Å². The number of nitrogens with zero attached hydrogens (tertiary/aromatic N) is 3. The van der Waals surface area contributed by atoms with Crippen molar-refractivity contribution >= 4 is 33.4 Å². The molecule has 3 aromatic rings. The highest BCUT2D eigenvalue weighted by Gasteiger charge is 2.22. The second kappa shape index (κ2) is 9.44. The van der Waals surface area contributed by atoms with Gasteiger partial charge in [0.05, 0.1) is 5.52 Å². The number of hydrogen-bond donors (Lipinski definition) is 0. The zero-order valence-electron chi connectivity index (χ0n) is 17.4. The molecule has 3 rings (SSSR count). The predicted octanol–water partition coefficient (Wildman–Crippen LogP) is 5.10. The van der Waals surface area contributed by atoms with E-state index in [1.165, 1.54) is 0 Å². The molecule has 1 heterocycles. The molecule has 0 N–H and O–H groups in total. The summed E-state index contributed by atoms with van der Waals surface area (Å²) in [5.74, 6) is 1.97. The summed E-state index contributed by atoms with van der Waals surface area (Å²) in [6.07, 6.45) is 1.80. The Hall–Kier alpha value is -2.34. The van der Waals surface area contributed by atoms with Crippen molar-refractivity contribution < 1.29 is 9.53 Å². The predicted molar refractivity (Wildman–Crippen MR) is 120 cm³/mol. The van der Waals surface area contributed by atoms with Gasteiger partial charge in [-0.25, -0.2) is 4.98 Å². The molecule has 154 valence electrons. The van der Waals surface area contributed by atoms with Crippen molar-refractivity contribution in [1.29, 1.82) is 0 Å². The Morgan fingerprint density at radius 1 is 1.28 bits per heavy atom. The number of imidazole rings is 1. The van der Waals surface area contributed by atoms with E-state index in [1.807, 2.05) is 61.3 Å². The van der Waals surface area contributed by atoms with E-state index < -0.39 is 0 Å². The quantitative estimate of drug-likeness (QED) is 0.420. The molecule has 29 heavy (non-hydrogen) atoms. The first-order valence-electron chi connectivity index (χ1n) is 9.95. The number of ether oxygens (including phenoxy) is 1. The molecule has 2 unspecified atom stereocenters. The molecule has 2 atom stereocenters. The SMILES string of the molecule is CCC(CN(C=O)Cc1ccccc1)C(C)Oc1cc(Br)cc2nc(C)n(C)c12. The molecule has 1 aromatic heterocycles. The molecule has 0 aliphatic carbocycles. The van der Waals surface area contributed by atoms with Crippen LogP contribution in [0.2, 0.25) is 0 Å². The number of benzene rings is 2. The Labute approximate surface area is 180 Å². The molecule has 0 spiro atoms. The smallest absolute Gasteiger partial charge is 0.210 e. The minimum atomic E-state index is -0.0501. The fraction of sp³-hybridized carbons (Fsp3) is 0.391. The summed E-state index contributed by atoms with van der Waals surface area (Å²) >= 11 is 3.57. The van der Waals surface area contributed by atoms with Crippen LogP contribution in [0.1, 0.15) is 31.7 Å². The van der Waals surface area contributed by atoms with Crippen molar-refractivity contribution in [3.8, 4) is 5.75 Å². The lowest BCUT2D eigenvalue weighted by Gasteiger charge is -2.29. The molecule has 0 aliphatic rings. The van der Waals surface area contributed by atoms with Gasteiger partial charge in [0.25, 0.3) is 0 Å². The third-order valence-corrected chi connectivity index (χ3v) is 5.93. The number of hydrogen-bond acceptors (Lipinski definition) is 3. The highest BCUT2D eigenvalue weighted by Crippen LogP contribution is 2.32. The first-order chi connectivity index (χ1) is 13.9. The maximum atomic E-state index is 11.7. The first kappa shape index (κ1) is 21.4. The number of carbonyl (C=O) groups is 1. The molecule has 0 bridgehead atoms. The van der Waals surface area contributed by atoms with Crippen molar-refractivity contribution in [3.05, 3.63) is 58.3 Å². The van der Waals surface area contributed by atoms with Gasteiger partial charge >= 0.3 is 0 Å². The van der Waals surface area contributed by atoms with Gasteiger partial charge in [0.2, 0.25) is 6.41 Å². The summed E-state index contributed by atoms with van der Waals surface area (Å²) in [4.78, 5) is 18.1. The molecule has 6 heteroatoms. The first-order valence-corrected chi connectivity index (χ1v) is 10.7. The molecule has 1 amide bonds. The highest BCUT2D eigenvalue weighted by atomic mass is 79.9. The Kier molecular flexibility index (Phi) is 6.96. The van der Waals surface area contributed by atoms with E-state index in [1.54, 1.807) is 0 Å². The Morgan fingerprint density at radius 3 is 2.66 bits per heavy atom. The Bertz CT molecular complexity index is 971. The number of rotatable bonds is 9. The van der Waals surface area contributed by atoms with Crippen molar-refractivity contribution in [2.75, 3.05) is 6.54 Å². The maximum Gasteiger partial charge on any atom is 0.210 e. The van der Waals surface area contributed by atoms with E-state index in [9.17, 15) is 4.79 Å². The lowest BCUT2D eigenvalue weighted by atomic mass is 9.99. The van der Waals surface area contributed by atoms with Crippen LogP contribution < -0.4 is 4.74 Å². The van der Waals surface area contributed by atoms with Crippen LogP contribution in [0.4, 0.5) is 0 Å². The molecule has 5 nitrogen and oxygen atoms in total. The minimum absolute atomic E-state index is 0.0501. The topological polar surface area (TPSA) is 47.4 Å². The fourth-order valence-electron chi connectivity index (χ4n) is 3.65. The average molecular weight is 458 g/mol. The number of amides is 1. The van der Waals surface area contributed by atoms with Gasteiger partial charge < -0.3 is 14.2 Å². The summed E-state index contributed by atoms with van der Waals surface area (Å²) in [5.41, 5.74) is 3.03. The number of fused-ring (bicyclic) bond motifs is 1. The van der Waals surface area contributed by atoms with Crippen LogP contribution in [-0.2, 0) is 18.4 Å². The second-order valence-electron chi connectivity index (χ2n) is 7.50. The van der Waals surface area contributed by atoms with E-state index in [-0.39, 0.29) is 12.0 Å². The third-order valence-electron chi connectivity index (χ3n) is 5.47. The normalized spacial score (nSPS) is 13.3. The highest BCUT2D eigenvalue weighted by molar-refractivity contribution is 9.10. The Balaban J connectivity index is 1.77. The van der Waals surface area contributed by atoms with E-state index >= 15 is 0 Å². The standard InChI is InChI=1S/C23H28BrN3O2/c1-5-19(14-27(15-28)13-18-9-7-6-8-10-18)16(2)29-22-12-20(24)11-21-23(22)26(4)17(3)25-21/h6-12,15-16,19H,5,13-14H2,1-4H3. The molecule has 0 radical (unpaired) electrons. The number of halogens is 1. The van der Waals surface area contributed by atoms with Gasteiger partial charge in [-0.3, -0.25) is 4.79 Å². The van der Waals surface area contributed by atoms with Crippen molar-refractivity contribution in [2.24, 2.45) is 13.0 Å². The van der Waals surface area contributed by atoms with Crippen molar-refractivity contribution in [2.45, 2.75) is 39.8 Å². The van der Waals surface area contributed by atoms with Gasteiger partial charge in [0, 0.05) is 30.5 Å². The van der Waals surface area contributed by atoms with E-state index in [4.69, 9.17) is 4.74 Å². The van der Waals surface area contributed by atoms with Crippen LogP contribution in [0.15, 0.2) is 46.9 Å². The second-order valence-corrected chi connectivity index (χ2v) is 8.42. The average Bonchev–Trinajstić information content (AvgIpc) is 2.99. The van der Waals surface area contributed by atoms with Crippen LogP contribution in [0.3, 0.4) is 0 Å².